The number of carbonyl (C=O) groups is 2. The standard InChI is InChI=1S/C17H12BrFN2O4/c1-24-9-3-4-10-13(7-9)25-15(16(20)22)14(10)21-17(23)8-2-5-12(19)11(18)6-8/h2-7H,1H3,(H2,20,22)(H,21,23). The van der Waals surface area contributed by atoms with Gasteiger partial charge in [-0.3, -0.25) is 9.59 Å². The van der Waals surface area contributed by atoms with Gasteiger partial charge in [0.1, 0.15) is 22.8 Å². The molecule has 1 aromatic heterocycles. The zero-order valence-electron chi connectivity index (χ0n) is 12.9. The summed E-state index contributed by atoms with van der Waals surface area (Å²) in [7, 11) is 1.49. The van der Waals surface area contributed by atoms with Gasteiger partial charge in [-0.25, -0.2) is 4.39 Å². The summed E-state index contributed by atoms with van der Waals surface area (Å²) in [6.45, 7) is 0. The van der Waals surface area contributed by atoms with Gasteiger partial charge >= 0.3 is 0 Å². The first-order valence-corrected chi connectivity index (χ1v) is 7.86. The number of hydrogen-bond acceptors (Lipinski definition) is 4. The molecule has 8 heteroatoms. The van der Waals surface area contributed by atoms with Crippen molar-refractivity contribution < 1.29 is 23.1 Å². The molecule has 3 N–H and O–H groups in total. The van der Waals surface area contributed by atoms with Crippen LogP contribution >= 0.6 is 15.9 Å². The van der Waals surface area contributed by atoms with E-state index in [2.05, 4.69) is 21.2 Å². The van der Waals surface area contributed by atoms with Gasteiger partial charge in [-0.1, -0.05) is 0 Å². The number of ether oxygens (including phenoxy) is 1. The number of primary amides is 1. The second-order valence-corrected chi connectivity index (χ2v) is 5.97. The Morgan fingerprint density at radius 1 is 1.24 bits per heavy atom. The summed E-state index contributed by atoms with van der Waals surface area (Å²) in [5.74, 6) is -1.52. The molecule has 3 rings (SSSR count). The number of hydrogen-bond donors (Lipinski definition) is 2. The van der Waals surface area contributed by atoms with Crippen molar-refractivity contribution in [3.8, 4) is 5.75 Å². The van der Waals surface area contributed by atoms with Gasteiger partial charge in [0.15, 0.2) is 0 Å². The molecular weight excluding hydrogens is 395 g/mol. The lowest BCUT2D eigenvalue weighted by atomic mass is 10.1. The fourth-order valence-electron chi connectivity index (χ4n) is 2.32. The highest BCUT2D eigenvalue weighted by Crippen LogP contribution is 2.33. The van der Waals surface area contributed by atoms with Crippen molar-refractivity contribution in [1.29, 1.82) is 0 Å². The van der Waals surface area contributed by atoms with E-state index in [0.717, 1.165) is 6.07 Å². The van der Waals surface area contributed by atoms with Crippen molar-refractivity contribution in [3.05, 3.63) is 58.0 Å². The van der Waals surface area contributed by atoms with E-state index >= 15 is 0 Å². The van der Waals surface area contributed by atoms with Crippen LogP contribution in [0.3, 0.4) is 0 Å². The molecule has 1 heterocycles. The lowest BCUT2D eigenvalue weighted by Gasteiger charge is -2.06. The SMILES string of the molecule is COc1ccc2c(NC(=O)c3ccc(F)c(Br)c3)c(C(N)=O)oc2c1. The van der Waals surface area contributed by atoms with E-state index in [0.29, 0.717) is 16.7 Å². The van der Waals surface area contributed by atoms with Crippen LogP contribution in [0.4, 0.5) is 10.1 Å². The molecule has 0 aliphatic heterocycles. The Morgan fingerprint density at radius 2 is 2.00 bits per heavy atom. The molecule has 0 saturated heterocycles. The highest BCUT2D eigenvalue weighted by Gasteiger charge is 2.21. The maximum absolute atomic E-state index is 13.3. The summed E-state index contributed by atoms with van der Waals surface area (Å²) >= 11 is 3.02. The molecule has 0 saturated carbocycles. The predicted molar refractivity (Wildman–Crippen MR) is 93.3 cm³/mol. The van der Waals surface area contributed by atoms with E-state index in [1.165, 1.54) is 19.2 Å². The van der Waals surface area contributed by atoms with Crippen LogP contribution in [0.25, 0.3) is 11.0 Å². The average Bonchev–Trinajstić information content (AvgIpc) is 2.95. The van der Waals surface area contributed by atoms with Crippen LogP contribution in [-0.2, 0) is 0 Å². The molecule has 0 spiro atoms. The summed E-state index contributed by atoms with van der Waals surface area (Å²) in [6, 6.07) is 8.69. The summed E-state index contributed by atoms with van der Waals surface area (Å²) in [5.41, 5.74) is 6.02. The molecule has 0 aliphatic carbocycles. The first kappa shape index (κ1) is 17.0. The molecule has 0 unspecified atom stereocenters. The molecule has 6 nitrogen and oxygen atoms in total. The number of nitrogens with two attached hydrogens (primary N) is 1. The third-order valence-corrected chi connectivity index (χ3v) is 4.15. The van der Waals surface area contributed by atoms with Crippen LogP contribution in [0.1, 0.15) is 20.9 Å². The van der Waals surface area contributed by atoms with Gasteiger partial charge < -0.3 is 20.2 Å². The number of benzene rings is 2. The minimum atomic E-state index is -0.828. The van der Waals surface area contributed by atoms with Crippen molar-refractivity contribution in [2.45, 2.75) is 0 Å². The molecule has 3 aromatic rings. The predicted octanol–water partition coefficient (Wildman–Crippen LogP) is 3.69. The van der Waals surface area contributed by atoms with Gasteiger partial charge in [-0.05, 0) is 46.3 Å². The van der Waals surface area contributed by atoms with Crippen LogP contribution in [0, 0.1) is 5.82 Å². The molecule has 0 bridgehead atoms. The number of amides is 2. The fraction of sp³-hybridized carbons (Fsp3) is 0.0588. The van der Waals surface area contributed by atoms with Crippen LogP contribution in [-0.4, -0.2) is 18.9 Å². The third-order valence-electron chi connectivity index (χ3n) is 3.54. The van der Waals surface area contributed by atoms with Gasteiger partial charge in [0.2, 0.25) is 5.76 Å². The van der Waals surface area contributed by atoms with Gasteiger partial charge in [-0.2, -0.15) is 0 Å². The lowest BCUT2D eigenvalue weighted by Crippen LogP contribution is -2.17. The molecule has 2 amide bonds. The number of anilines is 1. The lowest BCUT2D eigenvalue weighted by molar-refractivity contribution is 0.0977. The summed E-state index contributed by atoms with van der Waals surface area (Å²) in [5, 5.41) is 3.09. The van der Waals surface area contributed by atoms with Gasteiger partial charge in [0.05, 0.1) is 11.6 Å². The Labute approximate surface area is 149 Å². The molecular formula is C17H12BrFN2O4. The minimum Gasteiger partial charge on any atom is -0.497 e. The van der Waals surface area contributed by atoms with Crippen LogP contribution in [0.5, 0.6) is 5.75 Å². The second kappa shape index (κ2) is 6.56. The largest absolute Gasteiger partial charge is 0.497 e. The van der Waals surface area contributed by atoms with E-state index < -0.39 is 17.6 Å². The Kier molecular flexibility index (Phi) is 4.45. The van der Waals surface area contributed by atoms with Crippen LogP contribution < -0.4 is 15.8 Å². The first-order valence-electron chi connectivity index (χ1n) is 7.07. The van der Waals surface area contributed by atoms with Crippen LogP contribution in [0.15, 0.2) is 45.3 Å². The average molecular weight is 407 g/mol. The Hall–Kier alpha value is -2.87. The molecule has 25 heavy (non-hydrogen) atoms. The Morgan fingerprint density at radius 3 is 2.64 bits per heavy atom. The summed E-state index contributed by atoms with van der Waals surface area (Å²) in [6.07, 6.45) is 0. The Bertz CT molecular complexity index is 1000. The highest BCUT2D eigenvalue weighted by atomic mass is 79.9. The van der Waals surface area contributed by atoms with E-state index in [9.17, 15) is 14.0 Å². The van der Waals surface area contributed by atoms with Gasteiger partial charge in [0, 0.05) is 17.0 Å². The number of methoxy groups -OCH3 is 1. The third kappa shape index (κ3) is 3.20. The summed E-state index contributed by atoms with van der Waals surface area (Å²) in [4.78, 5) is 24.1. The van der Waals surface area contributed by atoms with Crippen molar-refractivity contribution in [2.24, 2.45) is 5.73 Å². The van der Waals surface area contributed by atoms with E-state index in [4.69, 9.17) is 14.9 Å². The Balaban J connectivity index is 2.04. The zero-order valence-corrected chi connectivity index (χ0v) is 14.5. The molecule has 0 fully saturated rings. The van der Waals surface area contributed by atoms with Gasteiger partial charge in [-0.15, -0.1) is 0 Å². The minimum absolute atomic E-state index is 0.149. The second-order valence-electron chi connectivity index (χ2n) is 5.12. The molecule has 0 radical (unpaired) electrons. The first-order chi connectivity index (χ1) is 11.9. The number of carbonyl (C=O) groups excluding carboxylic acids is 2. The van der Waals surface area contributed by atoms with E-state index in [1.807, 2.05) is 0 Å². The normalized spacial score (nSPS) is 10.7. The molecule has 128 valence electrons. The maximum Gasteiger partial charge on any atom is 0.286 e. The van der Waals surface area contributed by atoms with Crippen molar-refractivity contribution in [2.75, 3.05) is 12.4 Å². The summed E-state index contributed by atoms with van der Waals surface area (Å²) < 4.78 is 24.0. The maximum atomic E-state index is 13.3. The zero-order chi connectivity index (χ0) is 18.1. The number of fused-ring (bicyclic) bond motifs is 1. The topological polar surface area (TPSA) is 94.6 Å². The molecule has 0 atom stereocenters. The van der Waals surface area contributed by atoms with E-state index in [-0.39, 0.29) is 21.5 Å². The monoisotopic (exact) mass is 406 g/mol. The number of rotatable bonds is 4. The molecule has 0 aliphatic rings. The molecule has 2 aromatic carbocycles. The number of furan rings is 1. The quantitative estimate of drug-likeness (QED) is 0.690. The smallest absolute Gasteiger partial charge is 0.286 e. The van der Waals surface area contributed by atoms with Crippen molar-refractivity contribution >= 4 is 44.4 Å². The fourth-order valence-corrected chi connectivity index (χ4v) is 2.70. The number of nitrogens with one attached hydrogen (secondary N) is 1. The van der Waals surface area contributed by atoms with Crippen LogP contribution in [0.2, 0.25) is 0 Å². The highest BCUT2D eigenvalue weighted by molar-refractivity contribution is 9.10. The van der Waals surface area contributed by atoms with Crippen molar-refractivity contribution in [1.82, 2.24) is 0 Å². The van der Waals surface area contributed by atoms with Gasteiger partial charge in [0.25, 0.3) is 11.8 Å². The van der Waals surface area contributed by atoms with E-state index in [1.54, 1.807) is 18.2 Å². The van der Waals surface area contributed by atoms with Crippen molar-refractivity contribution in [3.63, 3.8) is 0 Å². The number of halogens is 2.